The number of rotatable bonds is 3. The molecule has 0 unspecified atom stereocenters. The van der Waals surface area contributed by atoms with Crippen LogP contribution in [-0.2, 0) is 6.42 Å². The van der Waals surface area contributed by atoms with Gasteiger partial charge in [0.05, 0.1) is 4.88 Å². The van der Waals surface area contributed by atoms with Gasteiger partial charge in [-0.25, -0.2) is 0 Å². The molecule has 0 spiro atoms. The second-order valence-corrected chi connectivity index (χ2v) is 9.40. The third-order valence-electron chi connectivity index (χ3n) is 6.22. The number of hydrogen-bond donors (Lipinski definition) is 1. The van der Waals surface area contributed by atoms with Gasteiger partial charge in [0, 0.05) is 4.88 Å². The van der Waals surface area contributed by atoms with E-state index in [-0.39, 0.29) is 11.5 Å². The number of phenolic OH excluding ortho intramolecular Hbond substituents is 1. The predicted molar refractivity (Wildman–Crippen MR) is 104 cm³/mol. The summed E-state index contributed by atoms with van der Waals surface area (Å²) in [5.74, 6) is 1.76. The molecular formula is C22H24O2S. The standard InChI is InChI=1S/C22H24O2S/c1-11-8-14(23)9-12(2)15(11)6-7-18(24)21-16-10-17-20(22(17,4)5)19(16)13(3)25-21/h6-9,17,20,23H,10H2,1-5H3/b7-6+/t17-,20-/m1/s1. The number of fused-ring (bicyclic) bond motifs is 3. The Kier molecular flexibility index (Phi) is 3.52. The summed E-state index contributed by atoms with van der Waals surface area (Å²) in [5.41, 5.74) is 6.17. The van der Waals surface area contributed by atoms with Crippen molar-refractivity contribution in [1.82, 2.24) is 0 Å². The topological polar surface area (TPSA) is 37.3 Å². The summed E-state index contributed by atoms with van der Waals surface area (Å²) < 4.78 is 0. The molecule has 130 valence electrons. The van der Waals surface area contributed by atoms with Gasteiger partial charge in [-0.15, -0.1) is 11.3 Å². The van der Waals surface area contributed by atoms with Crippen LogP contribution in [-0.4, -0.2) is 10.9 Å². The summed E-state index contributed by atoms with van der Waals surface area (Å²) in [5, 5.41) is 9.66. The average Bonchev–Trinajstić information content (AvgIpc) is 2.86. The largest absolute Gasteiger partial charge is 0.508 e. The predicted octanol–water partition coefficient (Wildman–Crippen LogP) is 5.57. The minimum atomic E-state index is 0.111. The van der Waals surface area contributed by atoms with Crippen LogP contribution < -0.4 is 0 Å². The minimum absolute atomic E-state index is 0.111. The molecule has 3 heteroatoms. The molecule has 2 atom stereocenters. The van der Waals surface area contributed by atoms with Crippen LogP contribution in [0.3, 0.4) is 0 Å². The van der Waals surface area contributed by atoms with Gasteiger partial charge >= 0.3 is 0 Å². The lowest BCUT2D eigenvalue weighted by Crippen LogP contribution is -2.03. The number of aromatic hydroxyl groups is 1. The van der Waals surface area contributed by atoms with Crippen molar-refractivity contribution in [3.8, 4) is 5.75 Å². The lowest BCUT2D eigenvalue weighted by atomic mass is 9.94. The van der Waals surface area contributed by atoms with Gasteiger partial charge in [0.25, 0.3) is 0 Å². The normalized spacial score (nSPS) is 22.9. The van der Waals surface area contributed by atoms with Gasteiger partial charge in [0.1, 0.15) is 5.75 Å². The Morgan fingerprint density at radius 2 is 1.88 bits per heavy atom. The molecule has 4 rings (SSSR count). The molecule has 25 heavy (non-hydrogen) atoms. The van der Waals surface area contributed by atoms with Crippen molar-refractivity contribution in [3.05, 3.63) is 55.8 Å². The van der Waals surface area contributed by atoms with Crippen LogP contribution in [0.25, 0.3) is 6.08 Å². The zero-order valence-electron chi connectivity index (χ0n) is 15.4. The molecule has 1 fully saturated rings. The van der Waals surface area contributed by atoms with Crippen molar-refractivity contribution in [3.63, 3.8) is 0 Å². The van der Waals surface area contributed by atoms with Gasteiger partial charge in [0.15, 0.2) is 5.78 Å². The molecule has 1 aromatic heterocycles. The highest BCUT2D eigenvalue weighted by molar-refractivity contribution is 7.14. The van der Waals surface area contributed by atoms with E-state index in [1.54, 1.807) is 29.5 Å². The van der Waals surface area contributed by atoms with E-state index in [1.807, 2.05) is 19.9 Å². The summed E-state index contributed by atoms with van der Waals surface area (Å²) in [7, 11) is 0. The number of thiophene rings is 1. The van der Waals surface area contributed by atoms with E-state index in [9.17, 15) is 9.90 Å². The van der Waals surface area contributed by atoms with Crippen LogP contribution >= 0.6 is 11.3 Å². The molecule has 2 nitrogen and oxygen atoms in total. The molecule has 0 radical (unpaired) electrons. The summed E-state index contributed by atoms with van der Waals surface area (Å²) in [6.07, 6.45) is 4.66. The van der Waals surface area contributed by atoms with Gasteiger partial charge < -0.3 is 5.11 Å². The lowest BCUT2D eigenvalue weighted by Gasteiger charge is -2.09. The van der Waals surface area contributed by atoms with E-state index < -0.39 is 0 Å². The third kappa shape index (κ3) is 2.40. The number of phenols is 1. The molecule has 2 aliphatic rings. The first-order chi connectivity index (χ1) is 11.7. The Bertz CT molecular complexity index is 907. The fourth-order valence-electron chi connectivity index (χ4n) is 4.78. The zero-order valence-corrected chi connectivity index (χ0v) is 16.3. The van der Waals surface area contributed by atoms with Crippen LogP contribution in [0, 0.1) is 32.1 Å². The molecular weight excluding hydrogens is 328 g/mol. The Morgan fingerprint density at radius 1 is 1.24 bits per heavy atom. The molecule has 1 N–H and O–H groups in total. The van der Waals surface area contributed by atoms with E-state index in [0.717, 1.165) is 33.9 Å². The van der Waals surface area contributed by atoms with Crippen molar-refractivity contribution in [2.45, 2.75) is 47.0 Å². The second kappa shape index (κ2) is 5.31. The highest BCUT2D eigenvalue weighted by Gasteiger charge is 2.63. The average molecular weight is 352 g/mol. The molecule has 1 aromatic carbocycles. The highest BCUT2D eigenvalue weighted by Crippen LogP contribution is 2.71. The Balaban J connectivity index is 1.64. The lowest BCUT2D eigenvalue weighted by molar-refractivity contribution is 0.105. The van der Waals surface area contributed by atoms with Crippen molar-refractivity contribution in [1.29, 1.82) is 0 Å². The monoisotopic (exact) mass is 352 g/mol. The summed E-state index contributed by atoms with van der Waals surface area (Å²) in [6.45, 7) is 10.8. The summed E-state index contributed by atoms with van der Waals surface area (Å²) >= 11 is 1.66. The van der Waals surface area contributed by atoms with E-state index in [2.05, 4.69) is 20.8 Å². The Hall–Kier alpha value is -1.87. The second-order valence-electron chi connectivity index (χ2n) is 8.18. The minimum Gasteiger partial charge on any atom is -0.508 e. The van der Waals surface area contributed by atoms with Gasteiger partial charge in [-0.05, 0) is 90.5 Å². The van der Waals surface area contributed by atoms with Crippen LogP contribution in [0.15, 0.2) is 18.2 Å². The van der Waals surface area contributed by atoms with Crippen molar-refractivity contribution in [2.24, 2.45) is 11.3 Å². The SMILES string of the molecule is Cc1cc(O)cc(C)c1/C=C/C(=O)c1sc(C)c2c1C[C@@H]1[C@H]2C1(C)C. The first-order valence-corrected chi connectivity index (χ1v) is 9.68. The third-order valence-corrected chi connectivity index (χ3v) is 7.40. The van der Waals surface area contributed by atoms with Crippen LogP contribution in [0.5, 0.6) is 5.75 Å². The zero-order chi connectivity index (χ0) is 18.1. The molecule has 0 bridgehead atoms. The molecule has 1 saturated carbocycles. The van der Waals surface area contributed by atoms with Crippen LogP contribution in [0.2, 0.25) is 0 Å². The maximum absolute atomic E-state index is 12.8. The summed E-state index contributed by atoms with van der Waals surface area (Å²) in [6, 6.07) is 3.47. The maximum Gasteiger partial charge on any atom is 0.196 e. The molecule has 2 aromatic rings. The van der Waals surface area contributed by atoms with E-state index in [0.29, 0.717) is 11.3 Å². The maximum atomic E-state index is 12.8. The molecule has 2 aliphatic carbocycles. The number of ketones is 1. The molecule has 0 aliphatic heterocycles. The number of carbonyl (C=O) groups excluding carboxylic acids is 1. The summed E-state index contributed by atoms with van der Waals surface area (Å²) in [4.78, 5) is 15.1. The highest BCUT2D eigenvalue weighted by atomic mass is 32.1. The van der Waals surface area contributed by atoms with Gasteiger partial charge in [-0.2, -0.15) is 0 Å². The van der Waals surface area contributed by atoms with E-state index in [4.69, 9.17) is 0 Å². The molecule has 0 saturated heterocycles. The quantitative estimate of drug-likeness (QED) is 0.579. The van der Waals surface area contributed by atoms with E-state index in [1.165, 1.54) is 16.0 Å². The van der Waals surface area contributed by atoms with Gasteiger partial charge in [0.2, 0.25) is 0 Å². The Labute approximate surface area is 153 Å². The fraction of sp³-hybridized carbons (Fsp3) is 0.409. The number of aryl methyl sites for hydroxylation is 3. The van der Waals surface area contributed by atoms with Crippen molar-refractivity contribution in [2.75, 3.05) is 0 Å². The first kappa shape index (κ1) is 16.6. The van der Waals surface area contributed by atoms with Gasteiger partial charge in [-0.1, -0.05) is 19.9 Å². The number of benzene rings is 1. The number of allylic oxidation sites excluding steroid dienone is 1. The van der Waals surface area contributed by atoms with Crippen LogP contribution in [0.1, 0.15) is 62.1 Å². The van der Waals surface area contributed by atoms with E-state index >= 15 is 0 Å². The number of hydrogen-bond acceptors (Lipinski definition) is 3. The van der Waals surface area contributed by atoms with Gasteiger partial charge in [-0.3, -0.25) is 4.79 Å². The molecule has 0 amide bonds. The van der Waals surface area contributed by atoms with Crippen molar-refractivity contribution < 1.29 is 9.90 Å². The Morgan fingerprint density at radius 3 is 2.52 bits per heavy atom. The number of carbonyl (C=O) groups is 1. The van der Waals surface area contributed by atoms with Crippen LogP contribution in [0.4, 0.5) is 0 Å². The van der Waals surface area contributed by atoms with Crippen molar-refractivity contribution >= 4 is 23.2 Å². The smallest absolute Gasteiger partial charge is 0.196 e. The first-order valence-electron chi connectivity index (χ1n) is 8.86. The molecule has 1 heterocycles. The fourth-order valence-corrected chi connectivity index (χ4v) is 5.93.